The maximum absolute atomic E-state index is 6.22. The van der Waals surface area contributed by atoms with Crippen molar-refractivity contribution in [3.8, 4) is 0 Å². The van der Waals surface area contributed by atoms with Gasteiger partial charge in [0, 0.05) is 24.5 Å². The van der Waals surface area contributed by atoms with Crippen LogP contribution in [0.1, 0.15) is 63.6 Å². The van der Waals surface area contributed by atoms with E-state index >= 15 is 0 Å². The van der Waals surface area contributed by atoms with Crippen LogP contribution in [0.25, 0.3) is 0 Å². The molecule has 0 amide bonds. The summed E-state index contributed by atoms with van der Waals surface area (Å²) in [5.41, 5.74) is 6.31. The molecule has 0 aromatic carbocycles. The smallest absolute Gasteiger partial charge is 0.230 e. The minimum absolute atomic E-state index is 0.0909. The van der Waals surface area contributed by atoms with Crippen molar-refractivity contribution in [3.63, 3.8) is 0 Å². The van der Waals surface area contributed by atoms with Crippen molar-refractivity contribution in [2.45, 2.75) is 57.9 Å². The summed E-state index contributed by atoms with van der Waals surface area (Å²) in [7, 11) is 0. The van der Waals surface area contributed by atoms with Crippen molar-refractivity contribution in [3.05, 3.63) is 11.7 Å². The maximum atomic E-state index is 6.22. The molecule has 2 aliphatic rings. The van der Waals surface area contributed by atoms with Gasteiger partial charge in [-0.1, -0.05) is 25.9 Å². The second-order valence-electron chi connectivity index (χ2n) is 6.96. The molecule has 3 rings (SSSR count). The van der Waals surface area contributed by atoms with E-state index in [1.54, 1.807) is 0 Å². The highest BCUT2D eigenvalue weighted by Crippen LogP contribution is 2.49. The molecule has 2 N–H and O–H groups in total. The van der Waals surface area contributed by atoms with Gasteiger partial charge in [0.1, 0.15) is 0 Å². The van der Waals surface area contributed by atoms with E-state index in [1.807, 2.05) is 0 Å². The fraction of sp³-hybridized carbons (Fsp3) is 0.867. The molecule has 1 saturated heterocycles. The highest BCUT2D eigenvalue weighted by molar-refractivity contribution is 5.08. The predicted octanol–water partition coefficient (Wildman–Crippen LogP) is 2.44. The lowest BCUT2D eigenvalue weighted by atomic mass is 9.61. The largest absolute Gasteiger partial charge is 0.381 e. The van der Waals surface area contributed by atoms with Crippen LogP contribution >= 0.6 is 0 Å². The van der Waals surface area contributed by atoms with E-state index in [9.17, 15) is 0 Å². The van der Waals surface area contributed by atoms with E-state index in [-0.39, 0.29) is 11.5 Å². The van der Waals surface area contributed by atoms with Crippen molar-refractivity contribution in [2.75, 3.05) is 13.2 Å². The molecule has 5 nitrogen and oxygen atoms in total. The molecule has 1 aliphatic carbocycles. The fourth-order valence-corrected chi connectivity index (χ4v) is 3.58. The lowest BCUT2D eigenvalue weighted by Gasteiger charge is -2.45. The summed E-state index contributed by atoms with van der Waals surface area (Å²) >= 11 is 0. The monoisotopic (exact) mass is 279 g/mol. The first-order valence-electron chi connectivity index (χ1n) is 7.67. The van der Waals surface area contributed by atoms with Crippen molar-refractivity contribution >= 4 is 0 Å². The Balaban J connectivity index is 1.81. The van der Waals surface area contributed by atoms with Crippen molar-refractivity contribution < 1.29 is 9.26 Å². The topological polar surface area (TPSA) is 74.2 Å². The van der Waals surface area contributed by atoms with Gasteiger partial charge in [-0.05, 0) is 30.6 Å². The minimum atomic E-state index is 0.0909. The number of nitrogens with zero attached hydrogens (tertiary/aromatic N) is 2. The second kappa shape index (κ2) is 5.11. The molecule has 1 aliphatic heterocycles. The lowest BCUT2D eigenvalue weighted by Crippen LogP contribution is -2.45. The normalized spacial score (nSPS) is 37.2. The van der Waals surface area contributed by atoms with E-state index in [1.165, 1.54) is 0 Å². The summed E-state index contributed by atoms with van der Waals surface area (Å²) in [6, 6.07) is 0.270. The van der Waals surface area contributed by atoms with Gasteiger partial charge in [-0.2, -0.15) is 4.98 Å². The van der Waals surface area contributed by atoms with Gasteiger partial charge in [-0.25, -0.2) is 0 Å². The number of hydrogen-bond donors (Lipinski definition) is 1. The Bertz CT molecular complexity index is 465. The zero-order chi connectivity index (χ0) is 14.3. The van der Waals surface area contributed by atoms with Gasteiger partial charge in [0.2, 0.25) is 5.89 Å². The van der Waals surface area contributed by atoms with Gasteiger partial charge < -0.3 is 15.0 Å². The number of aromatic nitrogens is 2. The van der Waals surface area contributed by atoms with E-state index in [0.717, 1.165) is 37.6 Å². The SMILES string of the molecule is CC1C(N)CCC(c2nc(C3CCOC3)no2)C1(C)C. The zero-order valence-corrected chi connectivity index (χ0v) is 12.6. The third-order valence-electron chi connectivity index (χ3n) is 5.55. The highest BCUT2D eigenvalue weighted by Gasteiger charge is 2.45. The van der Waals surface area contributed by atoms with Gasteiger partial charge in [0.05, 0.1) is 6.61 Å². The van der Waals surface area contributed by atoms with Gasteiger partial charge in [0.15, 0.2) is 5.82 Å². The second-order valence-corrected chi connectivity index (χ2v) is 6.96. The predicted molar refractivity (Wildman–Crippen MR) is 75.4 cm³/mol. The van der Waals surface area contributed by atoms with Crippen LogP contribution < -0.4 is 5.73 Å². The van der Waals surface area contributed by atoms with E-state index in [2.05, 4.69) is 30.9 Å². The van der Waals surface area contributed by atoms with Crippen LogP contribution in [0.5, 0.6) is 0 Å². The van der Waals surface area contributed by atoms with Crippen LogP contribution in [0.3, 0.4) is 0 Å². The molecular formula is C15H25N3O2. The number of nitrogens with two attached hydrogens (primary N) is 1. The Morgan fingerprint density at radius 2 is 2.05 bits per heavy atom. The van der Waals surface area contributed by atoms with Gasteiger partial charge in [-0.15, -0.1) is 0 Å². The molecule has 0 bridgehead atoms. The Labute approximate surface area is 120 Å². The first-order valence-corrected chi connectivity index (χ1v) is 7.67. The Morgan fingerprint density at radius 1 is 1.25 bits per heavy atom. The molecule has 2 fully saturated rings. The number of hydrogen-bond acceptors (Lipinski definition) is 5. The first kappa shape index (κ1) is 14.0. The van der Waals surface area contributed by atoms with E-state index in [0.29, 0.717) is 24.4 Å². The molecule has 0 radical (unpaired) electrons. The van der Waals surface area contributed by atoms with Gasteiger partial charge >= 0.3 is 0 Å². The third kappa shape index (κ3) is 2.27. The molecule has 4 atom stereocenters. The van der Waals surface area contributed by atoms with Crippen LogP contribution in [0.2, 0.25) is 0 Å². The number of rotatable bonds is 2. The maximum Gasteiger partial charge on any atom is 0.230 e. The van der Waals surface area contributed by atoms with Crippen LogP contribution in [0, 0.1) is 11.3 Å². The summed E-state index contributed by atoms with van der Waals surface area (Å²) in [5, 5.41) is 4.19. The average Bonchev–Trinajstić information content (AvgIpc) is 3.06. The zero-order valence-electron chi connectivity index (χ0n) is 12.6. The summed E-state index contributed by atoms with van der Waals surface area (Å²) in [4.78, 5) is 4.67. The Kier molecular flexibility index (Phi) is 3.58. The molecule has 1 saturated carbocycles. The van der Waals surface area contributed by atoms with Gasteiger partial charge in [-0.3, -0.25) is 0 Å². The average molecular weight is 279 g/mol. The summed E-state index contributed by atoms with van der Waals surface area (Å²) in [6.07, 6.45) is 3.05. The Hall–Kier alpha value is -0.940. The standard InChI is InChI=1S/C15H25N3O2/c1-9-12(16)5-4-11(15(9,2)3)14-17-13(18-20-14)10-6-7-19-8-10/h9-12H,4-8,16H2,1-3H3. The summed E-state index contributed by atoms with van der Waals surface area (Å²) < 4.78 is 11.0. The minimum Gasteiger partial charge on any atom is -0.381 e. The number of ether oxygens (including phenoxy) is 1. The fourth-order valence-electron chi connectivity index (χ4n) is 3.58. The van der Waals surface area contributed by atoms with Crippen LogP contribution in [0.4, 0.5) is 0 Å². The molecule has 20 heavy (non-hydrogen) atoms. The summed E-state index contributed by atoms with van der Waals surface area (Å²) in [5.74, 6) is 2.66. The molecule has 1 aromatic heterocycles. The van der Waals surface area contributed by atoms with Crippen LogP contribution in [-0.2, 0) is 4.74 Å². The molecule has 5 heteroatoms. The molecule has 0 spiro atoms. The van der Waals surface area contributed by atoms with E-state index in [4.69, 9.17) is 15.0 Å². The van der Waals surface area contributed by atoms with Crippen molar-refractivity contribution in [1.82, 2.24) is 10.1 Å². The molecule has 2 heterocycles. The van der Waals surface area contributed by atoms with E-state index < -0.39 is 0 Å². The van der Waals surface area contributed by atoms with Gasteiger partial charge in [0.25, 0.3) is 0 Å². The lowest BCUT2D eigenvalue weighted by molar-refractivity contribution is 0.0806. The Morgan fingerprint density at radius 3 is 2.75 bits per heavy atom. The van der Waals surface area contributed by atoms with Crippen molar-refractivity contribution in [1.29, 1.82) is 0 Å². The molecule has 112 valence electrons. The quantitative estimate of drug-likeness (QED) is 0.900. The first-order chi connectivity index (χ1) is 9.50. The molecule has 4 unspecified atom stereocenters. The van der Waals surface area contributed by atoms with Crippen LogP contribution in [-0.4, -0.2) is 29.4 Å². The summed E-state index contributed by atoms with van der Waals surface area (Å²) in [6.45, 7) is 8.29. The van der Waals surface area contributed by atoms with Crippen LogP contribution in [0.15, 0.2) is 4.52 Å². The molecule has 1 aromatic rings. The highest BCUT2D eigenvalue weighted by atomic mass is 16.5. The van der Waals surface area contributed by atoms with Crippen molar-refractivity contribution in [2.24, 2.45) is 17.1 Å². The third-order valence-corrected chi connectivity index (χ3v) is 5.55. The molecular weight excluding hydrogens is 254 g/mol.